The summed E-state index contributed by atoms with van der Waals surface area (Å²) in [6.07, 6.45) is 0.0404. The first-order valence-electron chi connectivity index (χ1n) is 5.74. The van der Waals surface area contributed by atoms with Crippen molar-refractivity contribution in [1.29, 1.82) is 0 Å². The first kappa shape index (κ1) is 17.4. The second-order valence-corrected chi connectivity index (χ2v) is 9.06. The van der Waals surface area contributed by atoms with Crippen molar-refractivity contribution in [2.75, 3.05) is 31.8 Å². The van der Waals surface area contributed by atoms with Crippen LogP contribution in [0.4, 0.5) is 0 Å². The smallest absolute Gasteiger partial charge is 0.372 e. The maximum atomic E-state index is 11.7. The van der Waals surface area contributed by atoms with Gasteiger partial charge in [-0.25, -0.2) is 4.21 Å². The molecule has 0 aliphatic rings. The molecule has 0 aromatic rings. The van der Waals surface area contributed by atoms with E-state index in [4.69, 9.17) is 28.6 Å². The zero-order valence-electron chi connectivity index (χ0n) is 10.9. The third-order valence-electron chi connectivity index (χ3n) is 1.86. The molecule has 0 N–H and O–H groups in total. The van der Waals surface area contributed by atoms with E-state index in [0.29, 0.717) is 19.8 Å². The van der Waals surface area contributed by atoms with Crippen LogP contribution < -0.4 is 0 Å². The van der Waals surface area contributed by atoms with Gasteiger partial charge >= 0.3 is 8.80 Å². The Labute approximate surface area is 110 Å². The molecule has 5 nitrogen and oxygen atoms in total. The molecule has 0 bridgehead atoms. The molecule has 0 spiro atoms. The maximum Gasteiger partial charge on any atom is 0.529 e. The van der Waals surface area contributed by atoms with E-state index in [1.54, 1.807) is 6.92 Å². The zero-order chi connectivity index (χ0) is 13.4. The highest BCUT2D eigenvalue weighted by molar-refractivity contribution is 8.30. The van der Waals surface area contributed by atoms with Crippen LogP contribution in [0.25, 0.3) is 0 Å². The fraction of sp³-hybridized carbons (Fsp3) is 1.00. The zero-order valence-corrected chi connectivity index (χ0v) is 13.5. The van der Waals surface area contributed by atoms with E-state index in [1.807, 2.05) is 20.8 Å². The van der Waals surface area contributed by atoms with E-state index in [2.05, 4.69) is 0 Å². The summed E-state index contributed by atoms with van der Waals surface area (Å²) < 4.78 is 33.5. The van der Waals surface area contributed by atoms with Gasteiger partial charge in [0, 0.05) is 36.8 Å². The SMILES string of the molecule is CCO[Si](COS(=O)(=S)CC)(OCC)OCC. The van der Waals surface area contributed by atoms with Gasteiger partial charge in [0.2, 0.25) is 0 Å². The molecule has 17 heavy (non-hydrogen) atoms. The Morgan fingerprint density at radius 2 is 1.41 bits per heavy atom. The van der Waals surface area contributed by atoms with Crippen LogP contribution in [0, 0.1) is 0 Å². The summed E-state index contributed by atoms with van der Waals surface area (Å²) in [4.78, 5) is 0. The van der Waals surface area contributed by atoms with Gasteiger partial charge in [-0.2, -0.15) is 0 Å². The van der Waals surface area contributed by atoms with Gasteiger partial charge in [0.25, 0.3) is 0 Å². The molecule has 1 atom stereocenters. The van der Waals surface area contributed by atoms with Crippen molar-refractivity contribution >= 4 is 28.8 Å². The molecule has 104 valence electrons. The standard InChI is InChI=1S/C9H22O5S2Si/c1-5-12-17(13-6-2,14-7-3)9-11-16(10,15)8-4/h5-9H2,1-4H3. The average Bonchev–Trinajstić information content (AvgIpc) is 2.28. The van der Waals surface area contributed by atoms with E-state index >= 15 is 0 Å². The van der Waals surface area contributed by atoms with Crippen LogP contribution in [-0.2, 0) is 37.4 Å². The van der Waals surface area contributed by atoms with Gasteiger partial charge in [-0.1, -0.05) is 6.92 Å². The summed E-state index contributed by atoms with van der Waals surface area (Å²) >= 11 is 4.83. The molecule has 0 aromatic heterocycles. The van der Waals surface area contributed by atoms with Crippen LogP contribution >= 0.6 is 0 Å². The van der Waals surface area contributed by atoms with E-state index in [9.17, 15) is 4.21 Å². The number of rotatable bonds is 10. The van der Waals surface area contributed by atoms with Crippen molar-refractivity contribution in [3.8, 4) is 0 Å². The quantitative estimate of drug-likeness (QED) is 0.567. The molecule has 0 amide bonds. The lowest BCUT2D eigenvalue weighted by Crippen LogP contribution is -2.51. The third-order valence-corrected chi connectivity index (χ3v) is 6.93. The van der Waals surface area contributed by atoms with Crippen LogP contribution in [-0.4, -0.2) is 44.8 Å². The summed E-state index contributed by atoms with van der Waals surface area (Å²) in [5.74, 6) is 0.289. The number of hydrogen-bond donors (Lipinski definition) is 0. The lowest BCUT2D eigenvalue weighted by atomic mass is 10.9. The van der Waals surface area contributed by atoms with Gasteiger partial charge in [-0.3, -0.25) is 4.18 Å². The summed E-state index contributed by atoms with van der Waals surface area (Å²) in [6, 6.07) is 0. The second kappa shape index (κ2) is 8.52. The normalized spacial score (nSPS) is 15.8. The minimum atomic E-state index is -2.89. The lowest BCUT2D eigenvalue weighted by molar-refractivity contribution is 0.0558. The summed E-state index contributed by atoms with van der Waals surface area (Å²) in [7, 11) is -5.57. The van der Waals surface area contributed by atoms with E-state index < -0.39 is 17.6 Å². The highest BCUT2D eigenvalue weighted by Gasteiger charge is 2.42. The number of hydrogen-bond acceptors (Lipinski definition) is 6. The Kier molecular flexibility index (Phi) is 8.73. The molecule has 0 aromatic carbocycles. The van der Waals surface area contributed by atoms with Crippen LogP contribution in [0.1, 0.15) is 27.7 Å². The topological polar surface area (TPSA) is 54.0 Å². The van der Waals surface area contributed by atoms with E-state index in [1.165, 1.54) is 0 Å². The molecule has 0 rings (SSSR count). The van der Waals surface area contributed by atoms with E-state index in [0.717, 1.165) is 0 Å². The fourth-order valence-electron chi connectivity index (χ4n) is 1.16. The summed E-state index contributed by atoms with van der Waals surface area (Å²) in [5.41, 5.74) is 0. The Morgan fingerprint density at radius 1 is 1.00 bits per heavy atom. The first-order chi connectivity index (χ1) is 7.95. The van der Waals surface area contributed by atoms with Gasteiger partial charge in [0.05, 0.1) is 0 Å². The van der Waals surface area contributed by atoms with Gasteiger partial charge in [-0.05, 0) is 20.8 Å². The van der Waals surface area contributed by atoms with Crippen molar-refractivity contribution in [1.82, 2.24) is 0 Å². The Hall–Kier alpha value is 0.427. The fourth-order valence-corrected chi connectivity index (χ4v) is 4.87. The molecule has 0 fully saturated rings. The Bertz CT molecular complexity index is 277. The first-order valence-corrected chi connectivity index (χ1v) is 10.2. The highest BCUT2D eigenvalue weighted by Crippen LogP contribution is 2.12. The molecule has 0 aliphatic heterocycles. The minimum absolute atomic E-state index is 0.0404. The van der Waals surface area contributed by atoms with Crippen LogP contribution in [0.3, 0.4) is 0 Å². The van der Waals surface area contributed by atoms with Crippen molar-refractivity contribution < 1.29 is 21.7 Å². The molecule has 8 heteroatoms. The Morgan fingerprint density at radius 3 is 1.71 bits per heavy atom. The maximum absolute atomic E-state index is 11.7. The van der Waals surface area contributed by atoms with E-state index in [-0.39, 0.29) is 12.0 Å². The molecule has 0 heterocycles. The van der Waals surface area contributed by atoms with Gasteiger partial charge in [-0.15, -0.1) is 0 Å². The third kappa shape index (κ3) is 6.80. The van der Waals surface area contributed by atoms with Crippen molar-refractivity contribution in [3.63, 3.8) is 0 Å². The molecule has 1 unspecified atom stereocenters. The second-order valence-electron chi connectivity index (χ2n) is 3.09. The summed E-state index contributed by atoms with van der Waals surface area (Å²) in [5, 5.41) is 0. The van der Waals surface area contributed by atoms with Crippen molar-refractivity contribution in [3.05, 3.63) is 0 Å². The Balaban J connectivity index is 4.65. The van der Waals surface area contributed by atoms with Gasteiger partial charge in [0.15, 0.2) is 0 Å². The van der Waals surface area contributed by atoms with Gasteiger partial charge < -0.3 is 13.3 Å². The summed E-state index contributed by atoms with van der Waals surface area (Å²) in [6.45, 7) is 8.65. The monoisotopic (exact) mass is 302 g/mol. The van der Waals surface area contributed by atoms with Crippen LogP contribution in [0.5, 0.6) is 0 Å². The molecule has 0 saturated heterocycles. The van der Waals surface area contributed by atoms with Crippen LogP contribution in [0.15, 0.2) is 0 Å². The predicted octanol–water partition coefficient (Wildman–Crippen LogP) is 1.27. The molecular formula is C9H22O5S2Si. The minimum Gasteiger partial charge on any atom is -0.372 e. The lowest BCUT2D eigenvalue weighted by Gasteiger charge is -2.28. The van der Waals surface area contributed by atoms with Gasteiger partial charge in [0.1, 0.15) is 15.0 Å². The molecule has 0 radical (unpaired) electrons. The molecule has 0 saturated carbocycles. The highest BCUT2D eigenvalue weighted by atomic mass is 32.8. The largest absolute Gasteiger partial charge is 0.529 e. The average molecular weight is 302 g/mol. The molecule has 0 aliphatic carbocycles. The van der Waals surface area contributed by atoms with Crippen LogP contribution in [0.2, 0.25) is 0 Å². The molecular weight excluding hydrogens is 280 g/mol. The predicted molar refractivity (Wildman–Crippen MR) is 72.6 cm³/mol. The van der Waals surface area contributed by atoms with Crippen molar-refractivity contribution in [2.24, 2.45) is 0 Å². The van der Waals surface area contributed by atoms with Crippen molar-refractivity contribution in [2.45, 2.75) is 27.7 Å².